The van der Waals surface area contributed by atoms with E-state index in [4.69, 9.17) is 9.47 Å². The minimum Gasteiger partial charge on any atom is -0.375 e. The number of carbonyl (C=O) groups is 1. The summed E-state index contributed by atoms with van der Waals surface area (Å²) in [6.45, 7) is 1.38. The van der Waals surface area contributed by atoms with Crippen molar-refractivity contribution in [3.8, 4) is 0 Å². The number of hydrogen-bond donors (Lipinski definition) is 0. The Hall–Kier alpha value is -1.19. The van der Waals surface area contributed by atoms with Gasteiger partial charge in [0.25, 0.3) is 0 Å². The van der Waals surface area contributed by atoms with Gasteiger partial charge in [0, 0.05) is 12.5 Å². The molecule has 1 aliphatic carbocycles. The molecule has 1 aromatic carbocycles. The molecular weight excluding hydrogens is 264 g/mol. The summed E-state index contributed by atoms with van der Waals surface area (Å²) >= 11 is 0. The third-order valence-electron chi connectivity index (χ3n) is 5.41. The summed E-state index contributed by atoms with van der Waals surface area (Å²) in [5, 5.41) is 0. The molecule has 2 heterocycles. The monoisotopic (exact) mass is 286 g/mol. The van der Waals surface area contributed by atoms with E-state index in [9.17, 15) is 4.79 Å². The second-order valence-electron chi connectivity index (χ2n) is 6.68. The third-order valence-corrected chi connectivity index (χ3v) is 5.41. The molecular formula is C18H22O3. The average molecular weight is 286 g/mol. The van der Waals surface area contributed by atoms with Crippen LogP contribution in [0.3, 0.4) is 0 Å². The second-order valence-corrected chi connectivity index (χ2v) is 6.68. The predicted octanol–water partition coefficient (Wildman–Crippen LogP) is 3.22. The zero-order valence-corrected chi connectivity index (χ0v) is 12.3. The fourth-order valence-corrected chi connectivity index (χ4v) is 4.03. The van der Waals surface area contributed by atoms with E-state index < -0.39 is 0 Å². The average Bonchev–Trinajstić information content (AvgIpc) is 2.52. The zero-order chi connectivity index (χ0) is 14.3. The van der Waals surface area contributed by atoms with Gasteiger partial charge in [-0.15, -0.1) is 0 Å². The number of fused-ring (bicyclic) bond motifs is 1. The molecule has 21 heavy (non-hydrogen) atoms. The maximum absolute atomic E-state index is 13.0. The van der Waals surface area contributed by atoms with Gasteiger partial charge in [-0.05, 0) is 49.7 Å². The van der Waals surface area contributed by atoms with Gasteiger partial charge in [-0.2, -0.15) is 0 Å². The summed E-state index contributed by atoms with van der Waals surface area (Å²) < 4.78 is 11.8. The Balaban J connectivity index is 1.55. The van der Waals surface area contributed by atoms with Gasteiger partial charge in [0.15, 0.2) is 5.78 Å². The van der Waals surface area contributed by atoms with Gasteiger partial charge in [0.05, 0.1) is 12.2 Å². The van der Waals surface area contributed by atoms with Crippen LogP contribution in [0.15, 0.2) is 24.3 Å². The van der Waals surface area contributed by atoms with Crippen molar-refractivity contribution in [3.63, 3.8) is 0 Å². The van der Waals surface area contributed by atoms with Crippen LogP contribution in [-0.2, 0) is 20.7 Å². The van der Waals surface area contributed by atoms with E-state index in [0.29, 0.717) is 6.61 Å². The fraction of sp³-hybridized carbons (Fsp3) is 0.611. The molecule has 1 saturated heterocycles. The maximum atomic E-state index is 13.0. The van der Waals surface area contributed by atoms with Crippen LogP contribution < -0.4 is 0 Å². The second kappa shape index (κ2) is 5.22. The highest BCUT2D eigenvalue weighted by Gasteiger charge is 2.46. The highest BCUT2D eigenvalue weighted by atomic mass is 16.5. The molecule has 3 nitrogen and oxygen atoms in total. The van der Waals surface area contributed by atoms with Crippen molar-refractivity contribution >= 4 is 5.78 Å². The van der Waals surface area contributed by atoms with Crippen LogP contribution in [0, 0.1) is 5.92 Å². The first kappa shape index (κ1) is 13.5. The quantitative estimate of drug-likeness (QED) is 0.837. The van der Waals surface area contributed by atoms with E-state index in [1.807, 2.05) is 12.1 Å². The Labute approximate surface area is 125 Å². The molecule has 2 atom stereocenters. The smallest absolute Gasteiger partial charge is 0.169 e. The normalized spacial score (nSPS) is 30.5. The highest BCUT2D eigenvalue weighted by molar-refractivity contribution is 5.87. The predicted molar refractivity (Wildman–Crippen MR) is 79.1 cm³/mol. The molecule has 1 saturated carbocycles. The van der Waals surface area contributed by atoms with Crippen molar-refractivity contribution < 1.29 is 14.3 Å². The highest BCUT2D eigenvalue weighted by Crippen LogP contribution is 2.45. The van der Waals surface area contributed by atoms with E-state index in [1.54, 1.807) is 0 Å². The maximum Gasteiger partial charge on any atom is 0.169 e. The van der Waals surface area contributed by atoms with Crippen LogP contribution in [-0.4, -0.2) is 24.6 Å². The van der Waals surface area contributed by atoms with Crippen LogP contribution in [0.2, 0.25) is 0 Å². The number of benzene rings is 1. The van der Waals surface area contributed by atoms with Crippen molar-refractivity contribution in [3.05, 3.63) is 35.4 Å². The van der Waals surface area contributed by atoms with E-state index >= 15 is 0 Å². The van der Waals surface area contributed by atoms with Gasteiger partial charge in [-0.3, -0.25) is 4.79 Å². The Morgan fingerprint density at radius 1 is 1.19 bits per heavy atom. The number of ketones is 1. The summed E-state index contributed by atoms with van der Waals surface area (Å²) in [5.74, 6) is 0.381. The molecule has 1 aromatic rings. The van der Waals surface area contributed by atoms with Crippen LogP contribution in [0.25, 0.3) is 0 Å². The fourth-order valence-electron chi connectivity index (χ4n) is 4.03. The van der Waals surface area contributed by atoms with Crippen molar-refractivity contribution in [2.75, 3.05) is 13.2 Å². The molecule has 3 aliphatic rings. The Bertz CT molecular complexity index is 547. The van der Waals surface area contributed by atoms with Gasteiger partial charge in [-0.1, -0.05) is 24.3 Å². The van der Waals surface area contributed by atoms with Crippen molar-refractivity contribution in [1.29, 1.82) is 0 Å². The van der Waals surface area contributed by atoms with E-state index in [0.717, 1.165) is 44.3 Å². The molecule has 2 unspecified atom stereocenters. The first-order valence-corrected chi connectivity index (χ1v) is 8.15. The minimum atomic E-state index is -0.352. The van der Waals surface area contributed by atoms with Gasteiger partial charge in [0.1, 0.15) is 6.10 Å². The number of carbonyl (C=O) groups excluding carboxylic acids is 1. The standard InChI is InChI=1S/C18H22O3/c19-16(14-7-11-21-18(12-14)8-3-9-18)17-15-5-2-1-4-13(15)6-10-20-17/h1-2,4-5,14,17H,3,6-12H2. The lowest BCUT2D eigenvalue weighted by Gasteiger charge is -2.47. The van der Waals surface area contributed by atoms with Gasteiger partial charge in [0.2, 0.25) is 0 Å². The molecule has 0 radical (unpaired) electrons. The summed E-state index contributed by atoms with van der Waals surface area (Å²) in [5.41, 5.74) is 2.38. The summed E-state index contributed by atoms with van der Waals surface area (Å²) in [4.78, 5) is 13.0. The molecule has 2 aliphatic heterocycles. The molecule has 0 aromatic heterocycles. The molecule has 0 bridgehead atoms. The van der Waals surface area contributed by atoms with Crippen molar-refractivity contribution in [1.82, 2.24) is 0 Å². The summed E-state index contributed by atoms with van der Waals surface area (Å²) in [7, 11) is 0. The summed E-state index contributed by atoms with van der Waals surface area (Å²) in [6.07, 6.45) is 5.80. The molecule has 0 amide bonds. The molecule has 112 valence electrons. The number of rotatable bonds is 2. The summed E-state index contributed by atoms with van der Waals surface area (Å²) in [6, 6.07) is 8.22. The lowest BCUT2D eigenvalue weighted by molar-refractivity contribution is -0.162. The van der Waals surface area contributed by atoms with Gasteiger partial charge < -0.3 is 9.47 Å². The molecule has 3 heteroatoms. The number of ether oxygens (including phenoxy) is 2. The zero-order valence-electron chi connectivity index (χ0n) is 12.3. The third kappa shape index (κ3) is 2.33. The van der Waals surface area contributed by atoms with Crippen molar-refractivity contribution in [2.24, 2.45) is 5.92 Å². The van der Waals surface area contributed by atoms with Gasteiger partial charge >= 0.3 is 0 Å². The van der Waals surface area contributed by atoms with E-state index in [1.165, 1.54) is 12.0 Å². The lowest BCUT2D eigenvalue weighted by Crippen LogP contribution is -2.48. The largest absolute Gasteiger partial charge is 0.375 e. The Morgan fingerprint density at radius 3 is 2.86 bits per heavy atom. The van der Waals surface area contributed by atoms with Gasteiger partial charge in [-0.25, -0.2) is 0 Å². The Morgan fingerprint density at radius 2 is 2.05 bits per heavy atom. The molecule has 2 fully saturated rings. The topological polar surface area (TPSA) is 35.5 Å². The SMILES string of the molecule is O=C(C1CCOC2(CCC2)C1)C1OCCc2ccccc21. The van der Waals surface area contributed by atoms with Crippen LogP contribution in [0.1, 0.15) is 49.3 Å². The number of hydrogen-bond acceptors (Lipinski definition) is 3. The molecule has 0 N–H and O–H groups in total. The van der Waals surface area contributed by atoms with Crippen LogP contribution in [0.5, 0.6) is 0 Å². The van der Waals surface area contributed by atoms with Crippen LogP contribution in [0.4, 0.5) is 0 Å². The van der Waals surface area contributed by atoms with Crippen LogP contribution >= 0.6 is 0 Å². The van der Waals surface area contributed by atoms with E-state index in [2.05, 4.69) is 12.1 Å². The molecule has 4 rings (SSSR count). The first-order chi connectivity index (χ1) is 10.3. The Kier molecular flexibility index (Phi) is 3.35. The van der Waals surface area contributed by atoms with E-state index in [-0.39, 0.29) is 23.4 Å². The molecule has 1 spiro atoms. The lowest BCUT2D eigenvalue weighted by atomic mass is 9.70. The number of Topliss-reactive ketones (excluding diaryl/α,β-unsaturated/α-hetero) is 1. The van der Waals surface area contributed by atoms with Crippen molar-refractivity contribution in [2.45, 2.75) is 50.2 Å². The first-order valence-electron chi connectivity index (χ1n) is 8.15. The minimum absolute atomic E-state index is 0.0206.